The molecule has 2 aliphatic carbocycles. The van der Waals surface area contributed by atoms with Crippen LogP contribution in [0.25, 0.3) is 0 Å². The van der Waals surface area contributed by atoms with E-state index in [2.05, 4.69) is 0 Å². The molecule has 0 atom stereocenters. The smallest absolute Gasteiger partial charge is 0.166 e. The summed E-state index contributed by atoms with van der Waals surface area (Å²) in [7, 11) is 0. The average Bonchev–Trinajstić information content (AvgIpc) is 2.60. The van der Waals surface area contributed by atoms with E-state index in [0.717, 1.165) is 5.57 Å². The maximum Gasteiger partial charge on any atom is 0.166 e. The zero-order chi connectivity index (χ0) is 9.42. The van der Waals surface area contributed by atoms with Crippen LogP contribution in [0, 0.1) is 0 Å². The molecule has 68 valence electrons. The molecule has 0 aliphatic heterocycles. The minimum absolute atomic E-state index is 0.0292. The molecule has 3 nitrogen and oxygen atoms in total. The normalized spacial score (nSPS) is 22.9. The van der Waals surface area contributed by atoms with E-state index in [1.54, 1.807) is 0 Å². The number of aliphatic hydroxyl groups excluding tert-OH is 1. The Kier molecular flexibility index (Phi) is 1.79. The van der Waals surface area contributed by atoms with Gasteiger partial charge in [-0.25, -0.2) is 0 Å². The van der Waals surface area contributed by atoms with E-state index in [-0.39, 0.29) is 17.3 Å². The Morgan fingerprint density at radius 1 is 1.08 bits per heavy atom. The van der Waals surface area contributed by atoms with Crippen molar-refractivity contribution in [3.8, 4) is 0 Å². The van der Waals surface area contributed by atoms with Gasteiger partial charge in [-0.05, 0) is 18.1 Å². The molecule has 0 radical (unpaired) electrons. The van der Waals surface area contributed by atoms with E-state index in [1.807, 2.05) is 0 Å². The monoisotopic (exact) mass is 178 g/mol. The zero-order valence-corrected chi connectivity index (χ0v) is 7.17. The number of carbonyl (C=O) groups excluding carboxylic acids is 2. The Balaban J connectivity index is 2.35. The number of hydrogen-bond acceptors (Lipinski definition) is 3. The van der Waals surface area contributed by atoms with E-state index in [9.17, 15) is 14.7 Å². The molecule has 0 amide bonds. The zero-order valence-electron chi connectivity index (χ0n) is 7.17. The third kappa shape index (κ3) is 1.30. The van der Waals surface area contributed by atoms with Crippen LogP contribution in [0.3, 0.4) is 0 Å². The first-order chi connectivity index (χ1) is 6.18. The third-order valence-corrected chi connectivity index (χ3v) is 2.45. The molecular weight excluding hydrogens is 168 g/mol. The van der Waals surface area contributed by atoms with Gasteiger partial charge in [0.1, 0.15) is 5.76 Å². The van der Waals surface area contributed by atoms with Crippen LogP contribution < -0.4 is 0 Å². The Hall–Kier alpha value is -1.38. The van der Waals surface area contributed by atoms with Gasteiger partial charge in [-0.3, -0.25) is 9.59 Å². The molecule has 3 heteroatoms. The van der Waals surface area contributed by atoms with Gasteiger partial charge in [0.05, 0.1) is 5.57 Å². The lowest BCUT2D eigenvalue weighted by Crippen LogP contribution is -1.98. The van der Waals surface area contributed by atoms with E-state index in [4.69, 9.17) is 0 Å². The van der Waals surface area contributed by atoms with Crippen LogP contribution in [0.2, 0.25) is 0 Å². The van der Waals surface area contributed by atoms with E-state index in [1.165, 1.54) is 6.08 Å². The van der Waals surface area contributed by atoms with Gasteiger partial charge in [0.25, 0.3) is 0 Å². The highest BCUT2D eigenvalue weighted by atomic mass is 16.3. The van der Waals surface area contributed by atoms with Crippen LogP contribution in [-0.4, -0.2) is 16.7 Å². The number of aliphatic hydroxyl groups is 1. The van der Waals surface area contributed by atoms with Crippen molar-refractivity contribution >= 4 is 11.6 Å². The van der Waals surface area contributed by atoms with Crippen LogP contribution in [0.5, 0.6) is 0 Å². The predicted octanol–water partition coefficient (Wildman–Crippen LogP) is 1.45. The number of Topliss-reactive ketones (excluding diaryl/α,β-unsaturated/α-hetero) is 1. The summed E-state index contributed by atoms with van der Waals surface area (Å²) in [6.07, 6.45) is 3.37. The largest absolute Gasteiger partial charge is 0.512 e. The number of allylic oxidation sites excluding steroid dienone is 4. The third-order valence-electron chi connectivity index (χ3n) is 2.45. The maximum atomic E-state index is 11.3. The van der Waals surface area contributed by atoms with Crippen molar-refractivity contribution < 1.29 is 14.7 Å². The lowest BCUT2D eigenvalue weighted by Gasteiger charge is -2.00. The van der Waals surface area contributed by atoms with Crippen molar-refractivity contribution in [1.82, 2.24) is 0 Å². The van der Waals surface area contributed by atoms with Crippen molar-refractivity contribution in [3.63, 3.8) is 0 Å². The Labute approximate surface area is 75.8 Å². The van der Waals surface area contributed by atoms with Gasteiger partial charge in [-0.1, -0.05) is 0 Å². The van der Waals surface area contributed by atoms with Crippen molar-refractivity contribution in [2.24, 2.45) is 0 Å². The molecule has 0 fully saturated rings. The number of ketones is 2. The number of rotatable bonds is 1. The highest BCUT2D eigenvalue weighted by Gasteiger charge is 2.28. The minimum atomic E-state index is -0.0292. The molecule has 13 heavy (non-hydrogen) atoms. The Morgan fingerprint density at radius 3 is 2.31 bits per heavy atom. The highest BCUT2D eigenvalue weighted by molar-refractivity contribution is 6.05. The van der Waals surface area contributed by atoms with E-state index >= 15 is 0 Å². The van der Waals surface area contributed by atoms with Gasteiger partial charge >= 0.3 is 0 Å². The standard InChI is InChI=1S/C10H10O3/c11-7-2-1-6(5-7)10-8(12)3-4-9(10)13/h5,12H,1-4H2. The summed E-state index contributed by atoms with van der Waals surface area (Å²) in [6, 6.07) is 0. The highest BCUT2D eigenvalue weighted by Crippen LogP contribution is 2.31. The van der Waals surface area contributed by atoms with Crippen LogP contribution in [0.4, 0.5) is 0 Å². The molecule has 2 rings (SSSR count). The minimum Gasteiger partial charge on any atom is -0.512 e. The molecule has 2 aliphatic rings. The second kappa shape index (κ2) is 2.83. The summed E-state index contributed by atoms with van der Waals surface area (Å²) < 4.78 is 0. The first-order valence-corrected chi connectivity index (χ1v) is 4.37. The van der Waals surface area contributed by atoms with Gasteiger partial charge in [0, 0.05) is 19.3 Å². The van der Waals surface area contributed by atoms with Crippen molar-refractivity contribution in [1.29, 1.82) is 0 Å². The topological polar surface area (TPSA) is 54.4 Å². The van der Waals surface area contributed by atoms with Gasteiger partial charge < -0.3 is 5.11 Å². The van der Waals surface area contributed by atoms with Crippen LogP contribution in [0.15, 0.2) is 23.0 Å². The lowest BCUT2D eigenvalue weighted by atomic mass is 10.0. The predicted molar refractivity (Wildman–Crippen MR) is 46.2 cm³/mol. The van der Waals surface area contributed by atoms with Crippen LogP contribution in [-0.2, 0) is 9.59 Å². The van der Waals surface area contributed by atoms with Crippen LogP contribution >= 0.6 is 0 Å². The van der Waals surface area contributed by atoms with Gasteiger partial charge in [0.15, 0.2) is 11.6 Å². The number of carbonyl (C=O) groups is 2. The molecule has 0 saturated carbocycles. The summed E-state index contributed by atoms with van der Waals surface area (Å²) in [5.41, 5.74) is 1.14. The van der Waals surface area contributed by atoms with Crippen molar-refractivity contribution in [2.45, 2.75) is 25.7 Å². The fourth-order valence-electron chi connectivity index (χ4n) is 1.80. The molecule has 0 aromatic heterocycles. The number of hydrogen-bond donors (Lipinski definition) is 1. The maximum absolute atomic E-state index is 11.3. The van der Waals surface area contributed by atoms with Gasteiger partial charge in [-0.2, -0.15) is 0 Å². The quantitative estimate of drug-likeness (QED) is 0.661. The summed E-state index contributed by atoms with van der Waals surface area (Å²) in [5.74, 6) is 0.180. The fourth-order valence-corrected chi connectivity index (χ4v) is 1.80. The lowest BCUT2D eigenvalue weighted by molar-refractivity contribution is -0.115. The molecule has 0 heterocycles. The molecule has 0 spiro atoms. The molecule has 0 bridgehead atoms. The Bertz CT molecular complexity index is 347. The fraction of sp³-hybridized carbons (Fsp3) is 0.400. The molecule has 0 aromatic carbocycles. The molecule has 1 N–H and O–H groups in total. The first-order valence-electron chi connectivity index (χ1n) is 4.37. The SMILES string of the molecule is O=C1C=C(C2=C(O)CCC2=O)CC1. The second-order valence-corrected chi connectivity index (χ2v) is 3.38. The van der Waals surface area contributed by atoms with E-state index in [0.29, 0.717) is 31.3 Å². The average molecular weight is 178 g/mol. The molecule has 0 aromatic rings. The Morgan fingerprint density at radius 2 is 1.85 bits per heavy atom. The molecule has 0 unspecified atom stereocenters. The summed E-state index contributed by atoms with van der Waals surface area (Å²) in [4.78, 5) is 22.2. The van der Waals surface area contributed by atoms with Gasteiger partial charge in [-0.15, -0.1) is 0 Å². The molecule has 0 saturated heterocycles. The van der Waals surface area contributed by atoms with Gasteiger partial charge in [0.2, 0.25) is 0 Å². The van der Waals surface area contributed by atoms with Crippen molar-refractivity contribution in [3.05, 3.63) is 23.0 Å². The summed E-state index contributed by atoms with van der Waals surface area (Å²) in [6.45, 7) is 0. The van der Waals surface area contributed by atoms with Crippen molar-refractivity contribution in [2.75, 3.05) is 0 Å². The second-order valence-electron chi connectivity index (χ2n) is 3.38. The molecular formula is C10H10O3. The summed E-state index contributed by atoms with van der Waals surface area (Å²) >= 11 is 0. The summed E-state index contributed by atoms with van der Waals surface area (Å²) in [5, 5.41) is 9.41. The van der Waals surface area contributed by atoms with Crippen LogP contribution in [0.1, 0.15) is 25.7 Å². The van der Waals surface area contributed by atoms with E-state index < -0.39 is 0 Å². The first kappa shape index (κ1) is 8.23.